The average molecular weight is 366 g/mol. The van der Waals surface area contributed by atoms with Crippen LogP contribution < -0.4 is 9.46 Å². The van der Waals surface area contributed by atoms with Gasteiger partial charge in [0.2, 0.25) is 10.0 Å². The zero-order valence-electron chi connectivity index (χ0n) is 11.8. The van der Waals surface area contributed by atoms with Gasteiger partial charge in [0, 0.05) is 12.1 Å². The summed E-state index contributed by atoms with van der Waals surface area (Å²) in [6, 6.07) is 4.57. The predicted octanol–water partition coefficient (Wildman–Crippen LogP) is 2.29. The first-order valence-corrected chi connectivity index (χ1v) is 8.54. The first-order valence-electron chi connectivity index (χ1n) is 6.26. The van der Waals surface area contributed by atoms with Crippen molar-refractivity contribution < 1.29 is 18.3 Å². The van der Waals surface area contributed by atoms with Crippen LogP contribution in [0.3, 0.4) is 0 Å². The largest absolute Gasteiger partial charge is 0.496 e. The number of aliphatic hydroxyl groups is 1. The van der Waals surface area contributed by atoms with Crippen molar-refractivity contribution in [2.75, 3.05) is 13.7 Å². The summed E-state index contributed by atoms with van der Waals surface area (Å²) in [4.78, 5) is 0.155. The Kier molecular flexibility index (Phi) is 6.00. The van der Waals surface area contributed by atoms with Gasteiger partial charge in [0.25, 0.3) is 0 Å². The lowest BCUT2D eigenvalue weighted by molar-refractivity contribution is 0.233. The summed E-state index contributed by atoms with van der Waals surface area (Å²) in [5, 5.41) is 9.05. The van der Waals surface area contributed by atoms with Crippen molar-refractivity contribution in [3.63, 3.8) is 0 Å². The van der Waals surface area contributed by atoms with E-state index in [1.807, 2.05) is 6.92 Å². The third-order valence-corrected chi connectivity index (χ3v) is 5.51. The van der Waals surface area contributed by atoms with E-state index in [-0.39, 0.29) is 11.5 Å². The van der Waals surface area contributed by atoms with Crippen LogP contribution in [0.25, 0.3) is 0 Å². The van der Waals surface area contributed by atoms with Crippen LogP contribution in [0, 0.1) is 0 Å². The van der Waals surface area contributed by atoms with Crippen molar-refractivity contribution in [2.45, 2.75) is 37.1 Å². The van der Waals surface area contributed by atoms with Crippen molar-refractivity contribution in [1.82, 2.24) is 4.72 Å². The molecule has 2 N–H and O–H groups in total. The van der Waals surface area contributed by atoms with Gasteiger partial charge in [-0.3, -0.25) is 0 Å². The van der Waals surface area contributed by atoms with Crippen LogP contribution in [0.2, 0.25) is 0 Å². The number of rotatable bonds is 7. The minimum Gasteiger partial charge on any atom is -0.496 e. The fourth-order valence-electron chi connectivity index (χ4n) is 1.74. The fourth-order valence-corrected chi connectivity index (χ4v) is 3.97. The van der Waals surface area contributed by atoms with Gasteiger partial charge in [-0.25, -0.2) is 13.1 Å². The number of hydrogen-bond acceptors (Lipinski definition) is 4. The van der Waals surface area contributed by atoms with E-state index in [0.29, 0.717) is 23.1 Å². The highest BCUT2D eigenvalue weighted by Gasteiger charge is 2.28. The minimum atomic E-state index is -3.65. The zero-order valence-corrected chi connectivity index (χ0v) is 14.2. The highest BCUT2D eigenvalue weighted by molar-refractivity contribution is 9.10. The number of benzene rings is 1. The highest BCUT2D eigenvalue weighted by Crippen LogP contribution is 2.28. The number of aliphatic hydroxyl groups excluding tert-OH is 1. The Morgan fingerprint density at radius 2 is 2.10 bits per heavy atom. The molecule has 0 aliphatic carbocycles. The second-order valence-corrected chi connectivity index (χ2v) is 7.33. The molecule has 0 fully saturated rings. The van der Waals surface area contributed by atoms with Crippen molar-refractivity contribution in [3.05, 3.63) is 22.7 Å². The molecule has 0 radical (unpaired) electrons. The molecule has 1 rings (SSSR count). The summed E-state index contributed by atoms with van der Waals surface area (Å²) in [6.07, 6.45) is 0.949. The molecule has 0 amide bonds. The van der Waals surface area contributed by atoms with Gasteiger partial charge in [0.15, 0.2) is 0 Å². The molecule has 0 saturated carbocycles. The molecule has 0 aromatic heterocycles. The number of ether oxygens (including phenoxy) is 1. The SMILES string of the molecule is CCC(C)(CCO)NS(=O)(=O)c1ccc(OC)c(Br)c1. The number of methoxy groups -OCH3 is 1. The molecule has 0 heterocycles. The minimum absolute atomic E-state index is 0.0703. The molecule has 7 heteroatoms. The molecule has 0 aliphatic rings. The lowest BCUT2D eigenvalue weighted by Gasteiger charge is -2.28. The second-order valence-electron chi connectivity index (χ2n) is 4.79. The van der Waals surface area contributed by atoms with Crippen LogP contribution >= 0.6 is 15.9 Å². The van der Waals surface area contributed by atoms with Crippen molar-refractivity contribution in [2.24, 2.45) is 0 Å². The van der Waals surface area contributed by atoms with E-state index in [0.717, 1.165) is 0 Å². The summed E-state index contributed by atoms with van der Waals surface area (Å²) < 4.78 is 33.1. The van der Waals surface area contributed by atoms with Gasteiger partial charge in [-0.05, 0) is 53.9 Å². The topological polar surface area (TPSA) is 75.6 Å². The maximum Gasteiger partial charge on any atom is 0.241 e. The Bertz CT molecular complexity index is 561. The second kappa shape index (κ2) is 6.89. The lowest BCUT2D eigenvalue weighted by atomic mass is 9.97. The Hall–Kier alpha value is -0.630. The highest BCUT2D eigenvalue weighted by atomic mass is 79.9. The van der Waals surface area contributed by atoms with Crippen molar-refractivity contribution in [3.8, 4) is 5.75 Å². The monoisotopic (exact) mass is 365 g/mol. The molecule has 5 nitrogen and oxygen atoms in total. The zero-order chi connectivity index (χ0) is 15.4. The number of halogens is 1. The molecule has 1 aromatic carbocycles. The molecule has 1 atom stereocenters. The third-order valence-electron chi connectivity index (χ3n) is 3.26. The molecule has 114 valence electrons. The van der Waals surface area contributed by atoms with Crippen LogP contribution in [0.15, 0.2) is 27.6 Å². The molecule has 0 bridgehead atoms. The van der Waals surface area contributed by atoms with Gasteiger partial charge < -0.3 is 9.84 Å². The smallest absolute Gasteiger partial charge is 0.241 e. The molecule has 0 aliphatic heterocycles. The van der Waals surface area contributed by atoms with E-state index in [1.54, 1.807) is 13.0 Å². The van der Waals surface area contributed by atoms with E-state index in [9.17, 15) is 8.42 Å². The molecule has 0 spiro atoms. The summed E-state index contributed by atoms with van der Waals surface area (Å²) in [7, 11) is -2.13. The van der Waals surface area contributed by atoms with E-state index in [2.05, 4.69) is 20.7 Å². The summed E-state index contributed by atoms with van der Waals surface area (Å²) in [6.45, 7) is 3.58. The normalized spacial score (nSPS) is 14.8. The molecule has 1 aromatic rings. The quantitative estimate of drug-likeness (QED) is 0.777. The van der Waals surface area contributed by atoms with E-state index < -0.39 is 15.6 Å². The average Bonchev–Trinajstić information content (AvgIpc) is 2.38. The maximum absolute atomic E-state index is 12.4. The van der Waals surface area contributed by atoms with Crippen LogP contribution in [-0.2, 0) is 10.0 Å². The molecule has 0 saturated heterocycles. The van der Waals surface area contributed by atoms with Crippen molar-refractivity contribution >= 4 is 26.0 Å². The van der Waals surface area contributed by atoms with Gasteiger partial charge >= 0.3 is 0 Å². The first kappa shape index (κ1) is 17.4. The van der Waals surface area contributed by atoms with Gasteiger partial charge in [0.05, 0.1) is 16.5 Å². The summed E-state index contributed by atoms with van der Waals surface area (Å²) in [5.74, 6) is 0.567. The summed E-state index contributed by atoms with van der Waals surface area (Å²) >= 11 is 3.27. The molecule has 1 unspecified atom stereocenters. The predicted molar refractivity (Wildman–Crippen MR) is 81.4 cm³/mol. The maximum atomic E-state index is 12.4. The Balaban J connectivity index is 3.08. The Labute approximate surface area is 128 Å². The van der Waals surface area contributed by atoms with Crippen LogP contribution in [0.1, 0.15) is 26.7 Å². The van der Waals surface area contributed by atoms with E-state index >= 15 is 0 Å². The van der Waals surface area contributed by atoms with E-state index in [4.69, 9.17) is 9.84 Å². The van der Waals surface area contributed by atoms with Crippen molar-refractivity contribution in [1.29, 1.82) is 0 Å². The van der Waals surface area contributed by atoms with Gasteiger partial charge in [0.1, 0.15) is 5.75 Å². The number of nitrogens with one attached hydrogen (secondary N) is 1. The fraction of sp³-hybridized carbons (Fsp3) is 0.538. The Morgan fingerprint density at radius 1 is 1.45 bits per heavy atom. The van der Waals surface area contributed by atoms with E-state index in [1.165, 1.54) is 19.2 Å². The molecular formula is C13H20BrNO4S. The third kappa shape index (κ3) is 4.18. The lowest BCUT2D eigenvalue weighted by Crippen LogP contribution is -2.46. The first-order chi connectivity index (χ1) is 9.28. The van der Waals surface area contributed by atoms with Gasteiger partial charge in [-0.2, -0.15) is 0 Å². The summed E-state index contributed by atoms with van der Waals surface area (Å²) in [5.41, 5.74) is -0.667. The van der Waals surface area contributed by atoms with Crippen LogP contribution in [0.4, 0.5) is 0 Å². The van der Waals surface area contributed by atoms with Gasteiger partial charge in [-0.15, -0.1) is 0 Å². The van der Waals surface area contributed by atoms with Crippen LogP contribution in [-0.4, -0.2) is 32.8 Å². The number of sulfonamides is 1. The standard InChI is InChI=1S/C13H20BrNO4S/c1-4-13(2,7-8-16)15-20(17,18)10-5-6-12(19-3)11(14)9-10/h5-6,9,15-16H,4,7-8H2,1-3H3. The molecular weight excluding hydrogens is 346 g/mol. The Morgan fingerprint density at radius 3 is 2.55 bits per heavy atom. The number of hydrogen-bond donors (Lipinski definition) is 2. The van der Waals surface area contributed by atoms with Gasteiger partial charge in [-0.1, -0.05) is 6.92 Å². The van der Waals surface area contributed by atoms with Crippen LogP contribution in [0.5, 0.6) is 5.75 Å². The molecule has 20 heavy (non-hydrogen) atoms.